The molecule has 0 spiro atoms. The van der Waals surface area contributed by atoms with Gasteiger partial charge in [0.1, 0.15) is 5.76 Å². The molecule has 0 aliphatic rings. The molecule has 0 aliphatic carbocycles. The largest absolute Gasteiger partial charge is 0.465 e. The average molecular weight is 332 g/mol. The van der Waals surface area contributed by atoms with Gasteiger partial charge in [-0.2, -0.15) is 0 Å². The van der Waals surface area contributed by atoms with E-state index < -0.39 is 0 Å². The first-order chi connectivity index (χ1) is 12.2. The first-order valence-electron chi connectivity index (χ1n) is 7.70. The summed E-state index contributed by atoms with van der Waals surface area (Å²) in [6, 6.07) is 19.4. The summed E-state index contributed by atoms with van der Waals surface area (Å²) in [7, 11) is 0. The molecule has 0 bridgehead atoms. The minimum atomic E-state index is -0.321. The minimum absolute atomic E-state index is 0.242. The van der Waals surface area contributed by atoms with Gasteiger partial charge >= 0.3 is 0 Å². The summed E-state index contributed by atoms with van der Waals surface area (Å²) < 4.78 is 5.14. The highest BCUT2D eigenvalue weighted by molar-refractivity contribution is 6.09. The Bertz CT molecular complexity index is 884. The topological polar surface area (TPSA) is 71.3 Å². The summed E-state index contributed by atoms with van der Waals surface area (Å²) in [5.41, 5.74) is 1.58. The molecular formula is C20H16N2O3. The molecule has 2 amide bonds. The van der Waals surface area contributed by atoms with Crippen molar-refractivity contribution < 1.29 is 14.0 Å². The van der Waals surface area contributed by atoms with Gasteiger partial charge in [-0.25, -0.2) is 0 Å². The predicted molar refractivity (Wildman–Crippen MR) is 97.2 cm³/mol. The first kappa shape index (κ1) is 16.3. The van der Waals surface area contributed by atoms with Crippen LogP contribution < -0.4 is 10.6 Å². The molecular weight excluding hydrogens is 316 g/mol. The van der Waals surface area contributed by atoms with Crippen LogP contribution in [0.25, 0.3) is 6.08 Å². The van der Waals surface area contributed by atoms with Crippen molar-refractivity contribution in [2.45, 2.75) is 0 Å². The minimum Gasteiger partial charge on any atom is -0.465 e. The quantitative estimate of drug-likeness (QED) is 0.688. The Morgan fingerprint density at radius 1 is 0.800 bits per heavy atom. The van der Waals surface area contributed by atoms with Gasteiger partial charge in [-0.3, -0.25) is 9.59 Å². The number of carbonyl (C=O) groups is 2. The number of furan rings is 1. The molecule has 5 nitrogen and oxygen atoms in total. The summed E-state index contributed by atoms with van der Waals surface area (Å²) >= 11 is 0. The Morgan fingerprint density at radius 3 is 2.16 bits per heavy atom. The third kappa shape index (κ3) is 4.45. The van der Waals surface area contributed by atoms with E-state index in [4.69, 9.17) is 4.42 Å². The van der Waals surface area contributed by atoms with Gasteiger partial charge in [-0.1, -0.05) is 30.3 Å². The van der Waals surface area contributed by atoms with E-state index in [0.717, 1.165) is 0 Å². The maximum atomic E-state index is 12.3. The lowest BCUT2D eigenvalue weighted by molar-refractivity contribution is -0.111. The van der Waals surface area contributed by atoms with Crippen molar-refractivity contribution in [1.82, 2.24) is 0 Å². The molecule has 0 atom stereocenters. The average Bonchev–Trinajstić information content (AvgIpc) is 3.16. The molecule has 0 fully saturated rings. The third-order valence-electron chi connectivity index (χ3n) is 3.41. The smallest absolute Gasteiger partial charge is 0.255 e. The van der Waals surface area contributed by atoms with Gasteiger partial charge in [-0.15, -0.1) is 0 Å². The van der Waals surface area contributed by atoms with Crippen LogP contribution in [0.15, 0.2) is 83.5 Å². The molecule has 2 aromatic carbocycles. The van der Waals surface area contributed by atoms with Gasteiger partial charge in [-0.05, 0) is 42.5 Å². The zero-order valence-corrected chi connectivity index (χ0v) is 13.3. The van der Waals surface area contributed by atoms with Crippen molar-refractivity contribution in [3.8, 4) is 0 Å². The van der Waals surface area contributed by atoms with Crippen LogP contribution in [0.5, 0.6) is 0 Å². The fourth-order valence-corrected chi connectivity index (χ4v) is 2.20. The van der Waals surface area contributed by atoms with Crippen LogP contribution in [0.2, 0.25) is 0 Å². The van der Waals surface area contributed by atoms with E-state index in [2.05, 4.69) is 10.6 Å². The molecule has 3 aromatic rings. The molecule has 1 aromatic heterocycles. The Labute approximate surface area is 145 Å². The second-order valence-corrected chi connectivity index (χ2v) is 5.20. The molecule has 25 heavy (non-hydrogen) atoms. The van der Waals surface area contributed by atoms with Crippen LogP contribution in [0.1, 0.15) is 16.1 Å². The summed E-state index contributed by atoms with van der Waals surface area (Å²) in [4.78, 5) is 24.3. The molecule has 1 heterocycles. The van der Waals surface area contributed by atoms with Gasteiger partial charge in [0.05, 0.1) is 17.6 Å². The Morgan fingerprint density at radius 2 is 1.48 bits per heavy atom. The maximum Gasteiger partial charge on any atom is 0.255 e. The number of nitrogens with one attached hydrogen (secondary N) is 2. The second kappa shape index (κ2) is 7.79. The molecule has 0 saturated heterocycles. The van der Waals surface area contributed by atoms with Gasteiger partial charge in [0.15, 0.2) is 0 Å². The number of carbonyl (C=O) groups excluding carboxylic acids is 2. The molecule has 0 aliphatic heterocycles. The highest BCUT2D eigenvalue weighted by Gasteiger charge is 2.09. The highest BCUT2D eigenvalue weighted by atomic mass is 16.3. The Kier molecular flexibility index (Phi) is 5.07. The number of benzene rings is 2. The summed E-state index contributed by atoms with van der Waals surface area (Å²) in [6.45, 7) is 0. The second-order valence-electron chi connectivity index (χ2n) is 5.20. The SMILES string of the molecule is O=C(/C=C/c1ccco1)Nc1ccccc1NC(=O)c1ccccc1. The van der Waals surface area contributed by atoms with Crippen LogP contribution in [0.4, 0.5) is 11.4 Å². The standard InChI is InChI=1S/C20H16N2O3/c23-19(13-12-16-9-6-14-25-16)21-17-10-4-5-11-18(17)22-20(24)15-7-2-1-3-8-15/h1-14H,(H,21,23)(H,22,24)/b13-12+. The summed E-state index contributed by atoms with van der Waals surface area (Å²) in [5.74, 6) is 0.0204. The zero-order chi connectivity index (χ0) is 17.5. The van der Waals surface area contributed by atoms with E-state index in [1.807, 2.05) is 6.07 Å². The number of amides is 2. The predicted octanol–water partition coefficient (Wildman–Crippen LogP) is 4.18. The fourth-order valence-electron chi connectivity index (χ4n) is 2.20. The van der Waals surface area contributed by atoms with Gasteiger partial charge in [0.2, 0.25) is 5.91 Å². The molecule has 0 saturated carbocycles. The van der Waals surface area contributed by atoms with Crippen LogP contribution in [0, 0.1) is 0 Å². The van der Waals surface area contributed by atoms with Crippen molar-refractivity contribution in [3.63, 3.8) is 0 Å². The van der Waals surface area contributed by atoms with Crippen LogP contribution in [0.3, 0.4) is 0 Å². The molecule has 3 rings (SSSR count). The summed E-state index contributed by atoms with van der Waals surface area (Å²) in [5, 5.41) is 5.55. The number of anilines is 2. The van der Waals surface area contributed by atoms with Crippen molar-refractivity contribution in [1.29, 1.82) is 0 Å². The number of hydrogen-bond acceptors (Lipinski definition) is 3. The van der Waals surface area contributed by atoms with E-state index in [1.54, 1.807) is 66.7 Å². The van der Waals surface area contributed by atoms with Gasteiger partial charge in [0, 0.05) is 11.6 Å². The third-order valence-corrected chi connectivity index (χ3v) is 3.41. The maximum absolute atomic E-state index is 12.3. The number of hydrogen-bond donors (Lipinski definition) is 2. The fraction of sp³-hybridized carbons (Fsp3) is 0. The van der Waals surface area contributed by atoms with E-state index in [-0.39, 0.29) is 11.8 Å². The lowest BCUT2D eigenvalue weighted by Crippen LogP contribution is -2.15. The molecule has 5 heteroatoms. The lowest BCUT2D eigenvalue weighted by atomic mass is 10.2. The van der Waals surface area contributed by atoms with Gasteiger partial charge < -0.3 is 15.1 Å². The highest BCUT2D eigenvalue weighted by Crippen LogP contribution is 2.22. The first-order valence-corrected chi connectivity index (χ1v) is 7.70. The van der Waals surface area contributed by atoms with Crippen LogP contribution in [-0.2, 0) is 4.79 Å². The monoisotopic (exact) mass is 332 g/mol. The van der Waals surface area contributed by atoms with Crippen LogP contribution in [-0.4, -0.2) is 11.8 Å². The summed E-state index contributed by atoms with van der Waals surface area (Å²) in [6.07, 6.45) is 4.47. The van der Waals surface area contributed by atoms with Crippen molar-refractivity contribution in [2.75, 3.05) is 10.6 Å². The van der Waals surface area contributed by atoms with E-state index in [0.29, 0.717) is 22.7 Å². The Balaban J connectivity index is 1.70. The van der Waals surface area contributed by atoms with Crippen molar-refractivity contribution >= 4 is 29.3 Å². The molecule has 0 unspecified atom stereocenters. The zero-order valence-electron chi connectivity index (χ0n) is 13.3. The normalized spacial score (nSPS) is 10.6. The van der Waals surface area contributed by atoms with Gasteiger partial charge in [0.25, 0.3) is 5.91 Å². The van der Waals surface area contributed by atoms with E-state index in [1.165, 1.54) is 12.3 Å². The van der Waals surface area contributed by atoms with Crippen molar-refractivity contribution in [2.24, 2.45) is 0 Å². The Hall–Kier alpha value is -3.60. The molecule has 0 radical (unpaired) electrons. The molecule has 2 N–H and O–H groups in total. The van der Waals surface area contributed by atoms with Crippen LogP contribution >= 0.6 is 0 Å². The molecule has 124 valence electrons. The van der Waals surface area contributed by atoms with E-state index in [9.17, 15) is 9.59 Å². The number of rotatable bonds is 5. The number of para-hydroxylation sites is 2. The van der Waals surface area contributed by atoms with Crippen molar-refractivity contribution in [3.05, 3.63) is 90.4 Å². The lowest BCUT2D eigenvalue weighted by Gasteiger charge is -2.11. The van der Waals surface area contributed by atoms with E-state index >= 15 is 0 Å².